The molecule has 33 heavy (non-hydrogen) atoms. The topological polar surface area (TPSA) is 110 Å². The van der Waals surface area contributed by atoms with Crippen LogP contribution in [0.2, 0.25) is 5.02 Å². The van der Waals surface area contributed by atoms with Gasteiger partial charge in [-0.15, -0.1) is 0 Å². The molecule has 2 aromatic carbocycles. The minimum Gasteiger partial charge on any atom is -0.478 e. The highest BCUT2D eigenvalue weighted by Gasteiger charge is 2.37. The van der Waals surface area contributed by atoms with Gasteiger partial charge in [-0.05, 0) is 29.7 Å². The first-order valence-electron chi connectivity index (χ1n) is 10.1. The third-order valence-corrected chi connectivity index (χ3v) is 6.98. The summed E-state index contributed by atoms with van der Waals surface area (Å²) >= 11 is 6.06. The maximum absolute atomic E-state index is 12.3. The number of nitrogens with zero attached hydrogens (tertiary/aromatic N) is 2. The molecular weight excluding hydrogens is 464 g/mol. The third kappa shape index (κ3) is 4.91. The molecule has 3 aromatic rings. The summed E-state index contributed by atoms with van der Waals surface area (Å²) in [6.07, 6.45) is 5.39. The van der Waals surface area contributed by atoms with Gasteiger partial charge in [-0.2, -0.15) is 4.98 Å². The minimum absolute atomic E-state index is 0.0192. The Bertz CT molecular complexity index is 1390. The monoisotopic (exact) mass is 484 g/mol. The van der Waals surface area contributed by atoms with Crippen LogP contribution in [0.3, 0.4) is 0 Å². The smallest absolute Gasteiger partial charge is 0.337 e. The average Bonchev–Trinajstić information content (AvgIpc) is 3.22. The first kappa shape index (κ1) is 22.9. The number of benzene rings is 2. The Kier molecular flexibility index (Phi) is 5.99. The van der Waals surface area contributed by atoms with E-state index in [2.05, 4.69) is 10.1 Å². The zero-order valence-electron chi connectivity index (χ0n) is 17.9. The lowest BCUT2D eigenvalue weighted by Crippen LogP contribution is -2.30. The SMILES string of the molecule is CC1(CS(C)(=O)=O)CC(c2nc(-c3ccc(C(=O)O)c(Cl)c3)no2)=CC=C1c1ccccc1. The summed E-state index contributed by atoms with van der Waals surface area (Å²) in [6.45, 7) is 1.92. The van der Waals surface area contributed by atoms with Gasteiger partial charge in [-0.1, -0.05) is 72.2 Å². The summed E-state index contributed by atoms with van der Waals surface area (Å²) in [4.78, 5) is 15.6. The van der Waals surface area contributed by atoms with Crippen LogP contribution in [0.5, 0.6) is 0 Å². The van der Waals surface area contributed by atoms with E-state index in [1.165, 1.54) is 18.4 Å². The molecule has 1 unspecified atom stereocenters. The number of hydrogen-bond acceptors (Lipinski definition) is 6. The molecule has 0 spiro atoms. The summed E-state index contributed by atoms with van der Waals surface area (Å²) in [7, 11) is -3.28. The van der Waals surface area contributed by atoms with Gasteiger partial charge in [-0.3, -0.25) is 0 Å². The number of hydrogen-bond donors (Lipinski definition) is 1. The third-order valence-electron chi connectivity index (χ3n) is 5.51. The van der Waals surface area contributed by atoms with Crippen molar-refractivity contribution in [2.75, 3.05) is 12.0 Å². The number of aromatic nitrogens is 2. The van der Waals surface area contributed by atoms with Crippen molar-refractivity contribution >= 4 is 38.6 Å². The molecule has 9 heteroatoms. The molecule has 1 aliphatic carbocycles. The first-order valence-corrected chi connectivity index (χ1v) is 12.5. The molecule has 1 N–H and O–H groups in total. The number of carboxylic acids is 1. The normalized spacial score (nSPS) is 18.5. The summed E-state index contributed by atoms with van der Waals surface area (Å²) in [6, 6.07) is 14.1. The van der Waals surface area contributed by atoms with Crippen molar-refractivity contribution in [1.82, 2.24) is 10.1 Å². The summed E-state index contributed by atoms with van der Waals surface area (Å²) < 4.78 is 30.0. The van der Waals surface area contributed by atoms with Crippen molar-refractivity contribution in [3.8, 4) is 11.4 Å². The summed E-state index contributed by atoms with van der Waals surface area (Å²) in [5, 5.41) is 13.2. The van der Waals surface area contributed by atoms with E-state index in [1.807, 2.05) is 49.4 Å². The van der Waals surface area contributed by atoms with Gasteiger partial charge in [0.05, 0.1) is 16.3 Å². The van der Waals surface area contributed by atoms with E-state index < -0.39 is 21.2 Å². The van der Waals surface area contributed by atoms with Gasteiger partial charge in [0.2, 0.25) is 5.82 Å². The van der Waals surface area contributed by atoms with Crippen LogP contribution in [-0.4, -0.2) is 41.6 Å². The van der Waals surface area contributed by atoms with Crippen molar-refractivity contribution in [2.45, 2.75) is 13.3 Å². The molecule has 0 aliphatic heterocycles. The molecule has 1 aliphatic rings. The van der Waals surface area contributed by atoms with Crippen LogP contribution in [0.15, 0.2) is 65.2 Å². The number of halogens is 1. The molecule has 0 radical (unpaired) electrons. The van der Waals surface area contributed by atoms with E-state index >= 15 is 0 Å². The molecular formula is C24H21ClN2O5S. The standard InChI is InChI=1S/C24H21ClN2O5S/c1-24(14-33(2,30)31)13-17(9-11-19(24)15-6-4-3-5-7-15)22-26-21(27-32-22)16-8-10-18(23(28)29)20(25)12-16/h3-12H,13-14H2,1-2H3,(H,28,29). The Labute approximate surface area is 196 Å². The van der Waals surface area contributed by atoms with Crippen LogP contribution in [0.1, 0.15) is 35.2 Å². The van der Waals surface area contributed by atoms with Crippen LogP contribution < -0.4 is 0 Å². The quantitative estimate of drug-likeness (QED) is 0.523. The predicted octanol–water partition coefficient (Wildman–Crippen LogP) is 5.01. The van der Waals surface area contributed by atoms with Gasteiger partial charge in [0.25, 0.3) is 5.89 Å². The lowest BCUT2D eigenvalue weighted by atomic mass is 9.72. The van der Waals surface area contributed by atoms with Crippen LogP contribution in [0.4, 0.5) is 0 Å². The first-order chi connectivity index (χ1) is 15.6. The van der Waals surface area contributed by atoms with Gasteiger partial charge >= 0.3 is 5.97 Å². The highest BCUT2D eigenvalue weighted by atomic mass is 35.5. The van der Waals surface area contributed by atoms with Crippen LogP contribution >= 0.6 is 11.6 Å². The van der Waals surface area contributed by atoms with E-state index in [9.17, 15) is 13.2 Å². The molecule has 0 fully saturated rings. The fraction of sp³-hybridized carbons (Fsp3) is 0.208. The number of aromatic carboxylic acids is 1. The Morgan fingerprint density at radius 1 is 1.15 bits per heavy atom. The van der Waals surface area contributed by atoms with Crippen molar-refractivity contribution in [3.63, 3.8) is 0 Å². The van der Waals surface area contributed by atoms with Gasteiger partial charge < -0.3 is 9.63 Å². The molecule has 1 aromatic heterocycles. The van der Waals surface area contributed by atoms with E-state index in [0.717, 1.165) is 11.1 Å². The van der Waals surface area contributed by atoms with Crippen LogP contribution in [-0.2, 0) is 9.84 Å². The zero-order valence-corrected chi connectivity index (χ0v) is 19.5. The minimum atomic E-state index is -3.28. The van der Waals surface area contributed by atoms with E-state index in [0.29, 0.717) is 17.6 Å². The summed E-state index contributed by atoms with van der Waals surface area (Å²) in [5.41, 5.74) is 2.39. The number of carbonyl (C=O) groups is 1. The van der Waals surface area contributed by atoms with Gasteiger partial charge in [0.15, 0.2) is 0 Å². The molecule has 170 valence electrons. The zero-order chi connectivity index (χ0) is 23.8. The highest BCUT2D eigenvalue weighted by Crippen LogP contribution is 2.46. The van der Waals surface area contributed by atoms with E-state index in [4.69, 9.17) is 21.2 Å². The molecule has 1 heterocycles. The number of sulfone groups is 1. The molecule has 0 bridgehead atoms. The molecule has 0 amide bonds. The van der Waals surface area contributed by atoms with Crippen molar-refractivity contribution in [3.05, 3.63) is 82.7 Å². The Hall–Kier alpha value is -3.23. The molecule has 0 saturated heterocycles. The molecule has 1 atom stereocenters. The van der Waals surface area contributed by atoms with Crippen molar-refractivity contribution in [2.24, 2.45) is 5.41 Å². The second-order valence-electron chi connectivity index (χ2n) is 8.37. The second-order valence-corrected chi connectivity index (χ2v) is 10.9. The fourth-order valence-corrected chi connectivity index (χ4v) is 5.85. The average molecular weight is 485 g/mol. The van der Waals surface area contributed by atoms with Gasteiger partial charge in [0, 0.05) is 22.8 Å². The summed E-state index contributed by atoms with van der Waals surface area (Å²) in [5.74, 6) is -0.636. The number of allylic oxidation sites excluding steroid dienone is 4. The number of carboxylic acid groups (broad SMARTS) is 1. The van der Waals surface area contributed by atoms with Crippen LogP contribution in [0, 0.1) is 5.41 Å². The Balaban J connectivity index is 1.71. The maximum Gasteiger partial charge on any atom is 0.337 e. The van der Waals surface area contributed by atoms with Gasteiger partial charge in [-0.25, -0.2) is 13.2 Å². The highest BCUT2D eigenvalue weighted by molar-refractivity contribution is 7.90. The molecule has 4 rings (SSSR count). The van der Waals surface area contributed by atoms with Crippen molar-refractivity contribution < 1.29 is 22.8 Å². The lowest BCUT2D eigenvalue weighted by molar-refractivity contribution is 0.0697. The van der Waals surface area contributed by atoms with Crippen LogP contribution in [0.25, 0.3) is 22.5 Å². The fourth-order valence-electron chi connectivity index (χ4n) is 4.18. The molecule has 0 saturated carbocycles. The largest absolute Gasteiger partial charge is 0.478 e. The molecule has 7 nitrogen and oxygen atoms in total. The van der Waals surface area contributed by atoms with Crippen molar-refractivity contribution in [1.29, 1.82) is 0 Å². The van der Waals surface area contributed by atoms with E-state index in [-0.39, 0.29) is 28.1 Å². The lowest BCUT2D eigenvalue weighted by Gasteiger charge is -2.34. The second kappa shape index (κ2) is 8.61. The number of rotatable bonds is 6. The predicted molar refractivity (Wildman–Crippen MR) is 127 cm³/mol. The Morgan fingerprint density at radius 3 is 2.52 bits per heavy atom. The van der Waals surface area contributed by atoms with Gasteiger partial charge in [0.1, 0.15) is 9.84 Å². The maximum atomic E-state index is 12.3. The van der Waals surface area contributed by atoms with E-state index in [1.54, 1.807) is 6.07 Å². The Morgan fingerprint density at radius 2 is 1.88 bits per heavy atom.